The number of aryl methyl sites for hydroxylation is 1. The van der Waals surface area contributed by atoms with Gasteiger partial charge in [0.2, 0.25) is 0 Å². The average Bonchev–Trinajstić information content (AvgIpc) is 2.60. The molecule has 0 aliphatic carbocycles. The quantitative estimate of drug-likeness (QED) is 0.752. The SMILES string of the molecule is Cc1nc(-c2ccc(Br)s2)[nH]c(=O)c1I. The summed E-state index contributed by atoms with van der Waals surface area (Å²) < 4.78 is 1.67. The summed E-state index contributed by atoms with van der Waals surface area (Å²) in [6.45, 7) is 1.84. The Hall–Kier alpha value is -0.210. The fraction of sp³-hybridized carbons (Fsp3) is 0.111. The van der Waals surface area contributed by atoms with Gasteiger partial charge in [-0.05, 0) is 57.6 Å². The van der Waals surface area contributed by atoms with Crippen molar-refractivity contribution in [1.29, 1.82) is 0 Å². The molecule has 78 valence electrons. The second-order valence-corrected chi connectivity index (χ2v) is 6.46. The number of hydrogen-bond donors (Lipinski definition) is 1. The van der Waals surface area contributed by atoms with E-state index in [4.69, 9.17) is 0 Å². The van der Waals surface area contributed by atoms with Crippen LogP contribution >= 0.6 is 49.9 Å². The van der Waals surface area contributed by atoms with E-state index in [2.05, 4.69) is 25.9 Å². The molecule has 0 aliphatic heterocycles. The highest BCUT2D eigenvalue weighted by molar-refractivity contribution is 14.1. The molecule has 3 nitrogen and oxygen atoms in total. The largest absolute Gasteiger partial charge is 0.305 e. The van der Waals surface area contributed by atoms with Crippen LogP contribution in [0.15, 0.2) is 20.7 Å². The molecule has 2 aromatic rings. The van der Waals surface area contributed by atoms with Gasteiger partial charge in [0.25, 0.3) is 5.56 Å². The predicted octanol–water partition coefficient (Wildman–Crippen LogP) is 3.17. The Morgan fingerprint density at radius 1 is 1.53 bits per heavy atom. The number of halogens is 2. The third kappa shape index (κ3) is 2.31. The summed E-state index contributed by atoms with van der Waals surface area (Å²) >= 11 is 6.92. The zero-order valence-electron chi connectivity index (χ0n) is 7.67. The minimum Gasteiger partial charge on any atom is -0.305 e. The molecule has 0 saturated carbocycles. The fourth-order valence-electron chi connectivity index (χ4n) is 1.13. The Morgan fingerprint density at radius 3 is 2.80 bits per heavy atom. The monoisotopic (exact) mass is 396 g/mol. The molecule has 6 heteroatoms. The van der Waals surface area contributed by atoms with Gasteiger partial charge in [0.05, 0.1) is 17.9 Å². The second kappa shape index (κ2) is 4.34. The van der Waals surface area contributed by atoms with E-state index in [9.17, 15) is 4.79 Å². The minimum atomic E-state index is -0.0809. The molecule has 0 atom stereocenters. The number of nitrogens with one attached hydrogen (secondary N) is 1. The first-order valence-electron chi connectivity index (χ1n) is 4.10. The summed E-state index contributed by atoms with van der Waals surface area (Å²) in [5.74, 6) is 0.633. The number of nitrogens with zero attached hydrogens (tertiary/aromatic N) is 1. The molecular formula is C9H6BrIN2OS. The summed E-state index contributed by atoms with van der Waals surface area (Å²) in [5.41, 5.74) is 0.682. The summed E-state index contributed by atoms with van der Waals surface area (Å²) in [7, 11) is 0. The van der Waals surface area contributed by atoms with E-state index in [-0.39, 0.29) is 5.56 Å². The summed E-state index contributed by atoms with van der Waals surface area (Å²) in [5, 5.41) is 0. The fourth-order valence-corrected chi connectivity index (χ4v) is 2.72. The van der Waals surface area contributed by atoms with Crippen LogP contribution in [0.3, 0.4) is 0 Å². The zero-order valence-corrected chi connectivity index (χ0v) is 12.2. The van der Waals surface area contributed by atoms with Gasteiger partial charge < -0.3 is 4.98 Å². The van der Waals surface area contributed by atoms with Gasteiger partial charge in [-0.25, -0.2) is 4.98 Å². The Labute approximate surface area is 112 Å². The van der Waals surface area contributed by atoms with Crippen molar-refractivity contribution in [1.82, 2.24) is 9.97 Å². The van der Waals surface area contributed by atoms with E-state index >= 15 is 0 Å². The smallest absolute Gasteiger partial charge is 0.264 e. The van der Waals surface area contributed by atoms with E-state index in [1.165, 1.54) is 0 Å². The van der Waals surface area contributed by atoms with Gasteiger partial charge in [0, 0.05) is 0 Å². The molecule has 0 aliphatic rings. The molecule has 0 unspecified atom stereocenters. The van der Waals surface area contributed by atoms with Crippen LogP contribution in [0.25, 0.3) is 10.7 Å². The standard InChI is InChI=1S/C9H6BrIN2OS/c1-4-7(11)9(14)13-8(12-4)5-2-3-6(10)15-5/h2-3H,1H3,(H,12,13,14). The molecule has 2 rings (SSSR count). The Morgan fingerprint density at radius 2 is 2.27 bits per heavy atom. The average molecular weight is 397 g/mol. The molecule has 15 heavy (non-hydrogen) atoms. The van der Waals surface area contributed by atoms with Crippen LogP contribution in [-0.2, 0) is 0 Å². The van der Waals surface area contributed by atoms with Crippen LogP contribution in [0, 0.1) is 10.5 Å². The van der Waals surface area contributed by atoms with Crippen molar-refractivity contribution in [3.05, 3.63) is 35.5 Å². The maximum atomic E-state index is 11.5. The molecule has 2 aromatic heterocycles. The van der Waals surface area contributed by atoms with Crippen LogP contribution < -0.4 is 5.56 Å². The summed E-state index contributed by atoms with van der Waals surface area (Å²) in [6, 6.07) is 3.87. The number of aromatic nitrogens is 2. The molecule has 0 aromatic carbocycles. The first-order valence-corrected chi connectivity index (χ1v) is 6.79. The lowest BCUT2D eigenvalue weighted by molar-refractivity contribution is 1.06. The Balaban J connectivity index is 2.60. The van der Waals surface area contributed by atoms with Crippen LogP contribution in [0.1, 0.15) is 5.69 Å². The molecule has 0 spiro atoms. The van der Waals surface area contributed by atoms with Crippen molar-refractivity contribution in [3.63, 3.8) is 0 Å². The van der Waals surface area contributed by atoms with Crippen molar-refractivity contribution in [2.75, 3.05) is 0 Å². The molecule has 0 radical (unpaired) electrons. The molecule has 1 N–H and O–H groups in total. The van der Waals surface area contributed by atoms with Gasteiger partial charge in [-0.2, -0.15) is 0 Å². The van der Waals surface area contributed by atoms with E-state index in [1.54, 1.807) is 11.3 Å². The number of rotatable bonds is 1. The first-order chi connectivity index (χ1) is 7.08. The predicted molar refractivity (Wildman–Crippen MR) is 73.3 cm³/mol. The third-order valence-electron chi connectivity index (χ3n) is 1.84. The van der Waals surface area contributed by atoms with Crippen LogP contribution in [-0.4, -0.2) is 9.97 Å². The highest BCUT2D eigenvalue weighted by Crippen LogP contribution is 2.28. The maximum Gasteiger partial charge on any atom is 0.264 e. The maximum absolute atomic E-state index is 11.5. The number of H-pyrrole nitrogens is 1. The van der Waals surface area contributed by atoms with Gasteiger partial charge in [-0.3, -0.25) is 4.79 Å². The van der Waals surface area contributed by atoms with Crippen molar-refractivity contribution >= 4 is 49.9 Å². The first kappa shape index (κ1) is 11.3. The lowest BCUT2D eigenvalue weighted by Gasteiger charge is -2.00. The van der Waals surface area contributed by atoms with Crippen molar-refractivity contribution in [2.45, 2.75) is 6.92 Å². The molecule has 0 amide bonds. The number of hydrogen-bond acceptors (Lipinski definition) is 3. The van der Waals surface area contributed by atoms with Gasteiger partial charge in [0.15, 0.2) is 5.82 Å². The van der Waals surface area contributed by atoms with Crippen LogP contribution in [0.4, 0.5) is 0 Å². The second-order valence-electron chi connectivity index (χ2n) is 2.92. The van der Waals surface area contributed by atoms with Crippen LogP contribution in [0.2, 0.25) is 0 Å². The lowest BCUT2D eigenvalue weighted by Crippen LogP contribution is -2.14. The Kier molecular flexibility index (Phi) is 3.27. The molecule has 0 bridgehead atoms. The summed E-state index contributed by atoms with van der Waals surface area (Å²) in [6.07, 6.45) is 0. The van der Waals surface area contributed by atoms with Crippen molar-refractivity contribution in [2.24, 2.45) is 0 Å². The minimum absolute atomic E-state index is 0.0809. The van der Waals surface area contributed by atoms with E-state index < -0.39 is 0 Å². The highest BCUT2D eigenvalue weighted by Gasteiger charge is 2.08. The number of thiophene rings is 1. The molecule has 2 heterocycles. The van der Waals surface area contributed by atoms with Gasteiger partial charge in [-0.15, -0.1) is 11.3 Å². The van der Waals surface area contributed by atoms with E-state index in [1.807, 2.05) is 41.6 Å². The lowest BCUT2D eigenvalue weighted by atomic mass is 10.4. The summed E-state index contributed by atoms with van der Waals surface area (Å²) in [4.78, 5) is 19.6. The molecule has 0 saturated heterocycles. The van der Waals surface area contributed by atoms with E-state index in [0.29, 0.717) is 9.39 Å². The van der Waals surface area contributed by atoms with Crippen molar-refractivity contribution in [3.8, 4) is 10.7 Å². The van der Waals surface area contributed by atoms with Crippen LogP contribution in [0.5, 0.6) is 0 Å². The van der Waals surface area contributed by atoms with Gasteiger partial charge in [-0.1, -0.05) is 0 Å². The zero-order chi connectivity index (χ0) is 11.0. The molecule has 0 fully saturated rings. The topological polar surface area (TPSA) is 45.8 Å². The third-order valence-corrected chi connectivity index (χ3v) is 4.74. The van der Waals surface area contributed by atoms with Gasteiger partial charge in [0.1, 0.15) is 0 Å². The highest BCUT2D eigenvalue weighted by atomic mass is 127. The number of aromatic amines is 1. The van der Waals surface area contributed by atoms with Crippen molar-refractivity contribution < 1.29 is 0 Å². The van der Waals surface area contributed by atoms with E-state index in [0.717, 1.165) is 14.4 Å². The molecular weight excluding hydrogens is 391 g/mol. The Bertz CT molecular complexity index is 563. The normalized spacial score (nSPS) is 10.6. The van der Waals surface area contributed by atoms with Gasteiger partial charge >= 0.3 is 0 Å².